The van der Waals surface area contributed by atoms with Crippen LogP contribution in [0, 0.1) is 0 Å². The number of hydrogen-bond donors (Lipinski definition) is 1. The summed E-state index contributed by atoms with van der Waals surface area (Å²) < 4.78 is 10.6. The van der Waals surface area contributed by atoms with Crippen LogP contribution in [0.1, 0.15) is 24.1 Å². The number of ether oxygens (including phenoxy) is 2. The van der Waals surface area contributed by atoms with Crippen LogP contribution in [0.5, 0.6) is 11.5 Å². The summed E-state index contributed by atoms with van der Waals surface area (Å²) in [6.07, 6.45) is 0.965. The number of anilines is 1. The molecule has 2 aromatic rings. The minimum Gasteiger partial charge on any atom is -0.493 e. The van der Waals surface area contributed by atoms with E-state index in [0.29, 0.717) is 11.5 Å². The van der Waals surface area contributed by atoms with Crippen LogP contribution in [0.3, 0.4) is 0 Å². The van der Waals surface area contributed by atoms with Gasteiger partial charge >= 0.3 is 0 Å². The Hall–Kier alpha value is -2.53. The number of rotatable bonds is 5. The van der Waals surface area contributed by atoms with Crippen LogP contribution in [-0.4, -0.2) is 26.2 Å². The Bertz CT molecular complexity index is 743. The Morgan fingerprint density at radius 1 is 1.04 bits per heavy atom. The molecule has 0 spiro atoms. The topological polar surface area (TPSA) is 64.8 Å². The average molecular weight is 326 g/mol. The predicted octanol–water partition coefficient (Wildman–Crippen LogP) is 2.68. The van der Waals surface area contributed by atoms with Crippen molar-refractivity contribution in [2.75, 3.05) is 19.1 Å². The molecule has 2 aromatic carbocycles. The monoisotopic (exact) mass is 326 g/mol. The summed E-state index contributed by atoms with van der Waals surface area (Å²) in [6, 6.07) is 12.9. The fourth-order valence-corrected chi connectivity index (χ4v) is 3.08. The Labute approximate surface area is 142 Å². The van der Waals surface area contributed by atoms with Gasteiger partial charge in [-0.1, -0.05) is 25.1 Å². The maximum absolute atomic E-state index is 12.3. The molecule has 0 saturated carbocycles. The molecule has 0 radical (unpaired) electrons. The molecule has 1 fully saturated rings. The lowest BCUT2D eigenvalue weighted by molar-refractivity contribution is -0.126. The van der Waals surface area contributed by atoms with Crippen molar-refractivity contribution in [3.63, 3.8) is 0 Å². The Morgan fingerprint density at radius 3 is 2.29 bits per heavy atom. The highest BCUT2D eigenvalue weighted by atomic mass is 16.5. The van der Waals surface area contributed by atoms with Gasteiger partial charge in [-0.15, -0.1) is 0 Å². The summed E-state index contributed by atoms with van der Waals surface area (Å²) >= 11 is 0. The molecule has 0 bridgehead atoms. The zero-order valence-electron chi connectivity index (χ0n) is 14.2. The quantitative estimate of drug-likeness (QED) is 0.858. The lowest BCUT2D eigenvalue weighted by atomic mass is 9.88. The summed E-state index contributed by atoms with van der Waals surface area (Å²) in [5.74, 6) is 1.21. The molecule has 3 rings (SSSR count). The van der Waals surface area contributed by atoms with Gasteiger partial charge in [-0.2, -0.15) is 0 Å². The van der Waals surface area contributed by atoms with Crippen molar-refractivity contribution in [1.29, 1.82) is 0 Å². The van der Waals surface area contributed by atoms with Gasteiger partial charge < -0.3 is 20.1 Å². The summed E-state index contributed by atoms with van der Waals surface area (Å²) in [4.78, 5) is 14.1. The van der Waals surface area contributed by atoms with E-state index in [1.807, 2.05) is 42.5 Å². The van der Waals surface area contributed by atoms with Gasteiger partial charge in [0.25, 0.3) is 0 Å². The lowest BCUT2D eigenvalue weighted by Crippen LogP contribution is -2.63. The van der Waals surface area contributed by atoms with Crippen molar-refractivity contribution in [3.05, 3.63) is 53.6 Å². The number of amides is 1. The molecular formula is C19H22N2O3. The van der Waals surface area contributed by atoms with Crippen LogP contribution in [0.15, 0.2) is 42.5 Å². The maximum atomic E-state index is 12.3. The second-order valence-corrected chi connectivity index (χ2v) is 5.81. The molecule has 0 unspecified atom stereocenters. The minimum absolute atomic E-state index is 0.0703. The third kappa shape index (κ3) is 2.61. The summed E-state index contributed by atoms with van der Waals surface area (Å²) in [5.41, 5.74) is 9.11. The van der Waals surface area contributed by atoms with Crippen LogP contribution < -0.4 is 20.1 Å². The van der Waals surface area contributed by atoms with Crippen molar-refractivity contribution < 1.29 is 14.3 Å². The highest BCUT2D eigenvalue weighted by molar-refractivity contribution is 6.05. The van der Waals surface area contributed by atoms with Crippen molar-refractivity contribution >= 4 is 11.6 Å². The molecule has 24 heavy (non-hydrogen) atoms. The van der Waals surface area contributed by atoms with Crippen LogP contribution in [0.2, 0.25) is 0 Å². The zero-order chi connectivity index (χ0) is 17.3. The molecule has 1 aliphatic heterocycles. The van der Waals surface area contributed by atoms with E-state index in [4.69, 9.17) is 15.2 Å². The largest absolute Gasteiger partial charge is 0.493 e. The highest BCUT2D eigenvalue weighted by Crippen LogP contribution is 2.40. The van der Waals surface area contributed by atoms with Gasteiger partial charge in [-0.3, -0.25) is 4.79 Å². The molecule has 1 amide bonds. The van der Waals surface area contributed by atoms with Crippen molar-refractivity contribution in [1.82, 2.24) is 0 Å². The number of β-lactam (4-membered cyclic amide) rings is 1. The Kier molecular flexibility index (Phi) is 4.44. The van der Waals surface area contributed by atoms with Gasteiger partial charge in [-0.25, -0.2) is 0 Å². The molecule has 5 nitrogen and oxygen atoms in total. The normalized spacial score (nSPS) is 19.8. The molecule has 1 heterocycles. The fourth-order valence-electron chi connectivity index (χ4n) is 3.08. The summed E-state index contributed by atoms with van der Waals surface area (Å²) in [7, 11) is 3.19. The van der Waals surface area contributed by atoms with Crippen molar-refractivity contribution in [3.8, 4) is 11.5 Å². The van der Waals surface area contributed by atoms with E-state index in [-0.39, 0.29) is 11.9 Å². The average Bonchev–Trinajstić information content (AvgIpc) is 2.64. The van der Waals surface area contributed by atoms with E-state index in [1.165, 1.54) is 5.56 Å². The van der Waals surface area contributed by atoms with Gasteiger partial charge in [0.05, 0.1) is 20.3 Å². The first-order valence-corrected chi connectivity index (χ1v) is 8.00. The predicted molar refractivity (Wildman–Crippen MR) is 93.6 cm³/mol. The van der Waals surface area contributed by atoms with E-state index in [0.717, 1.165) is 17.7 Å². The number of methoxy groups -OCH3 is 2. The smallest absolute Gasteiger partial charge is 0.247 e. The molecule has 126 valence electrons. The second-order valence-electron chi connectivity index (χ2n) is 5.81. The maximum Gasteiger partial charge on any atom is 0.247 e. The number of benzene rings is 2. The van der Waals surface area contributed by atoms with E-state index in [1.54, 1.807) is 19.1 Å². The molecule has 1 saturated heterocycles. The van der Waals surface area contributed by atoms with Crippen LogP contribution in [-0.2, 0) is 11.2 Å². The molecule has 1 aliphatic rings. The van der Waals surface area contributed by atoms with E-state index >= 15 is 0 Å². The van der Waals surface area contributed by atoms with Crippen molar-refractivity contribution in [2.45, 2.75) is 25.4 Å². The third-order valence-corrected chi connectivity index (χ3v) is 4.51. The first-order valence-electron chi connectivity index (χ1n) is 8.00. The number of carbonyl (C=O) groups is 1. The molecule has 2 N–H and O–H groups in total. The molecule has 2 atom stereocenters. The molecule has 0 aromatic heterocycles. The Morgan fingerprint density at radius 2 is 1.71 bits per heavy atom. The van der Waals surface area contributed by atoms with Gasteiger partial charge in [0, 0.05) is 5.69 Å². The Balaban J connectivity index is 1.94. The van der Waals surface area contributed by atoms with Gasteiger partial charge in [-0.05, 0) is 41.8 Å². The van der Waals surface area contributed by atoms with Crippen molar-refractivity contribution in [2.24, 2.45) is 5.73 Å². The fraction of sp³-hybridized carbons (Fsp3) is 0.316. The van der Waals surface area contributed by atoms with E-state index in [2.05, 4.69) is 6.92 Å². The highest BCUT2D eigenvalue weighted by Gasteiger charge is 2.46. The first-order chi connectivity index (χ1) is 11.6. The number of nitrogens with zero attached hydrogens (tertiary/aromatic N) is 1. The lowest BCUT2D eigenvalue weighted by Gasteiger charge is -2.45. The number of nitrogens with two attached hydrogens (primary N) is 1. The molecule has 0 aliphatic carbocycles. The minimum atomic E-state index is -0.547. The first kappa shape index (κ1) is 16.3. The molecule has 5 heteroatoms. The standard InChI is InChI=1S/C19H22N2O3/c1-4-12-5-8-14(9-6-12)21-18(17(20)19(21)22)13-7-10-15(23-2)16(11-13)24-3/h5-11,17-18H,4,20H2,1-3H3/t17-,18-/m0/s1. The number of hydrogen-bond acceptors (Lipinski definition) is 4. The SMILES string of the molecule is CCc1ccc(N2C(=O)[C@@H](N)[C@@H]2c2ccc(OC)c(OC)c2)cc1. The van der Waals surface area contributed by atoms with E-state index < -0.39 is 6.04 Å². The van der Waals surface area contributed by atoms with Crippen LogP contribution >= 0.6 is 0 Å². The second kappa shape index (κ2) is 6.53. The van der Waals surface area contributed by atoms with Gasteiger partial charge in [0.15, 0.2) is 11.5 Å². The summed E-state index contributed by atoms with van der Waals surface area (Å²) in [6.45, 7) is 2.10. The van der Waals surface area contributed by atoms with Crippen LogP contribution in [0.25, 0.3) is 0 Å². The van der Waals surface area contributed by atoms with Gasteiger partial charge in [0.2, 0.25) is 5.91 Å². The number of carbonyl (C=O) groups excluding carboxylic acids is 1. The molecular weight excluding hydrogens is 304 g/mol. The third-order valence-electron chi connectivity index (χ3n) is 4.51. The number of aryl methyl sites for hydroxylation is 1. The zero-order valence-corrected chi connectivity index (χ0v) is 14.2. The van der Waals surface area contributed by atoms with Crippen LogP contribution in [0.4, 0.5) is 5.69 Å². The summed E-state index contributed by atoms with van der Waals surface area (Å²) in [5, 5.41) is 0. The van der Waals surface area contributed by atoms with E-state index in [9.17, 15) is 4.79 Å². The van der Waals surface area contributed by atoms with Gasteiger partial charge in [0.1, 0.15) is 6.04 Å².